The van der Waals surface area contributed by atoms with Crippen molar-refractivity contribution in [3.05, 3.63) is 36.9 Å². The largest absolute Gasteiger partial charge is 0.345 e. The molecule has 24 heavy (non-hydrogen) atoms. The molecule has 1 heterocycles. The van der Waals surface area contributed by atoms with Gasteiger partial charge in [0, 0.05) is 6.54 Å². The second kappa shape index (κ2) is 8.15. The van der Waals surface area contributed by atoms with Crippen LogP contribution >= 0.6 is 11.8 Å². The van der Waals surface area contributed by atoms with Gasteiger partial charge in [-0.05, 0) is 25.0 Å². The quantitative estimate of drug-likeness (QED) is 0.590. The fourth-order valence-corrected chi connectivity index (χ4v) is 3.39. The number of para-hydroxylation sites is 2. The van der Waals surface area contributed by atoms with Crippen LogP contribution in [0.5, 0.6) is 0 Å². The van der Waals surface area contributed by atoms with Gasteiger partial charge < -0.3 is 9.88 Å². The van der Waals surface area contributed by atoms with Gasteiger partial charge in [-0.1, -0.05) is 43.8 Å². The fraction of sp³-hybridized carbons (Fsp3) is 0.389. The lowest BCUT2D eigenvalue weighted by molar-refractivity contribution is -0.126. The molecule has 1 amide bonds. The van der Waals surface area contributed by atoms with E-state index >= 15 is 0 Å². The van der Waals surface area contributed by atoms with E-state index in [0.29, 0.717) is 6.54 Å². The molecule has 2 rings (SSSR count). The number of amides is 1. The minimum Gasteiger partial charge on any atom is -0.345 e. The number of imidazole rings is 1. The number of carbonyl (C=O) groups excluding carboxylic acids is 2. The summed E-state index contributed by atoms with van der Waals surface area (Å²) in [7, 11) is 0. The number of aromatic nitrogens is 2. The van der Waals surface area contributed by atoms with Crippen LogP contribution in [0, 0.1) is 5.92 Å². The Morgan fingerprint density at radius 3 is 2.71 bits per heavy atom. The Balaban J connectivity index is 2.10. The molecule has 0 fully saturated rings. The number of fused-ring (bicyclic) bond motifs is 1. The van der Waals surface area contributed by atoms with Crippen LogP contribution in [0.4, 0.5) is 0 Å². The van der Waals surface area contributed by atoms with Crippen LogP contribution in [0.15, 0.2) is 42.1 Å². The molecule has 0 bridgehead atoms. The molecule has 1 aromatic carbocycles. The van der Waals surface area contributed by atoms with E-state index in [9.17, 15) is 9.59 Å². The third kappa shape index (κ3) is 4.26. The predicted octanol–water partition coefficient (Wildman–Crippen LogP) is 3.04. The summed E-state index contributed by atoms with van der Waals surface area (Å²) < 4.78 is 2.03. The number of ketones is 1. The topological polar surface area (TPSA) is 64.0 Å². The number of Topliss-reactive ketones (excluding diaryl/α,β-unsaturated/α-hetero) is 1. The summed E-state index contributed by atoms with van der Waals surface area (Å²) in [5.74, 6) is 0.104. The van der Waals surface area contributed by atoms with Crippen molar-refractivity contribution in [2.45, 2.75) is 38.5 Å². The van der Waals surface area contributed by atoms with Gasteiger partial charge in [-0.3, -0.25) is 9.59 Å². The van der Waals surface area contributed by atoms with Crippen molar-refractivity contribution in [3.63, 3.8) is 0 Å². The van der Waals surface area contributed by atoms with Crippen LogP contribution in [0.25, 0.3) is 11.0 Å². The van der Waals surface area contributed by atoms with Crippen molar-refractivity contribution in [1.29, 1.82) is 0 Å². The summed E-state index contributed by atoms with van der Waals surface area (Å²) in [6, 6.07) is 7.41. The first-order chi connectivity index (χ1) is 11.4. The van der Waals surface area contributed by atoms with Crippen molar-refractivity contribution in [2.24, 2.45) is 5.92 Å². The molecule has 1 aromatic heterocycles. The zero-order chi connectivity index (χ0) is 17.7. The molecule has 1 atom stereocenters. The van der Waals surface area contributed by atoms with Gasteiger partial charge in [0.25, 0.3) is 0 Å². The Bertz CT molecular complexity index is 752. The summed E-state index contributed by atoms with van der Waals surface area (Å²) in [4.78, 5) is 28.4. The van der Waals surface area contributed by atoms with E-state index in [2.05, 4.69) is 16.9 Å². The molecular formula is C18H23N3O2S. The normalized spacial score (nSPS) is 12.3. The number of allylic oxidation sites excluding steroid dienone is 1. The fourth-order valence-electron chi connectivity index (χ4n) is 2.55. The standard InChI is InChI=1S/C18H23N3O2S/c1-5-10-21-15-9-7-6-8-14(15)19-18(21)24-11-16(23)20-17(12(2)3)13(4)22/h5-9,12,17H,1,10-11H2,2-4H3,(H,20,23). The molecule has 128 valence electrons. The minimum atomic E-state index is -0.440. The number of rotatable bonds is 8. The van der Waals surface area contributed by atoms with E-state index in [-0.39, 0.29) is 23.4 Å². The summed E-state index contributed by atoms with van der Waals surface area (Å²) >= 11 is 1.37. The van der Waals surface area contributed by atoms with E-state index in [0.717, 1.165) is 16.2 Å². The number of nitrogens with one attached hydrogen (secondary N) is 1. The first kappa shape index (κ1) is 18.3. The van der Waals surface area contributed by atoms with Gasteiger partial charge >= 0.3 is 0 Å². The summed E-state index contributed by atoms with van der Waals surface area (Å²) in [5, 5.41) is 3.58. The van der Waals surface area contributed by atoms with E-state index in [4.69, 9.17) is 0 Å². The summed E-state index contributed by atoms with van der Waals surface area (Å²) in [5.41, 5.74) is 1.91. The number of thioether (sulfide) groups is 1. The molecule has 0 radical (unpaired) electrons. The van der Waals surface area contributed by atoms with Crippen molar-refractivity contribution in [3.8, 4) is 0 Å². The molecule has 2 aromatic rings. The summed E-state index contributed by atoms with van der Waals surface area (Å²) in [6.45, 7) is 9.75. The van der Waals surface area contributed by atoms with E-state index in [1.54, 1.807) is 0 Å². The number of hydrogen-bond donors (Lipinski definition) is 1. The average Bonchev–Trinajstić information content (AvgIpc) is 2.88. The molecule has 0 spiro atoms. The first-order valence-electron chi connectivity index (χ1n) is 7.92. The maximum absolute atomic E-state index is 12.2. The van der Waals surface area contributed by atoms with E-state index in [1.165, 1.54) is 18.7 Å². The monoisotopic (exact) mass is 345 g/mol. The van der Waals surface area contributed by atoms with Gasteiger partial charge in [-0.25, -0.2) is 4.98 Å². The Morgan fingerprint density at radius 2 is 2.08 bits per heavy atom. The average molecular weight is 345 g/mol. The number of carbonyl (C=O) groups is 2. The highest BCUT2D eigenvalue weighted by atomic mass is 32.2. The molecule has 6 heteroatoms. The number of benzene rings is 1. The highest BCUT2D eigenvalue weighted by molar-refractivity contribution is 7.99. The maximum atomic E-state index is 12.2. The highest BCUT2D eigenvalue weighted by Crippen LogP contribution is 2.24. The van der Waals surface area contributed by atoms with Crippen molar-refractivity contribution < 1.29 is 9.59 Å². The van der Waals surface area contributed by atoms with E-state index in [1.807, 2.05) is 48.8 Å². The number of nitrogens with zero attached hydrogens (tertiary/aromatic N) is 2. The van der Waals surface area contributed by atoms with Gasteiger partial charge in [-0.15, -0.1) is 6.58 Å². The molecule has 1 unspecified atom stereocenters. The van der Waals surface area contributed by atoms with Gasteiger partial charge in [0.1, 0.15) is 0 Å². The van der Waals surface area contributed by atoms with Gasteiger partial charge in [-0.2, -0.15) is 0 Å². The lowest BCUT2D eigenvalue weighted by Gasteiger charge is -2.19. The van der Waals surface area contributed by atoms with Crippen LogP contribution < -0.4 is 5.32 Å². The third-order valence-corrected chi connectivity index (χ3v) is 4.66. The summed E-state index contributed by atoms with van der Waals surface area (Å²) in [6.07, 6.45) is 1.81. The van der Waals surface area contributed by atoms with Crippen molar-refractivity contribution in [2.75, 3.05) is 5.75 Å². The van der Waals surface area contributed by atoms with Crippen LogP contribution in [0.2, 0.25) is 0 Å². The second-order valence-electron chi connectivity index (χ2n) is 5.97. The zero-order valence-electron chi connectivity index (χ0n) is 14.3. The van der Waals surface area contributed by atoms with Gasteiger partial charge in [0.15, 0.2) is 10.9 Å². The first-order valence-corrected chi connectivity index (χ1v) is 8.91. The van der Waals surface area contributed by atoms with Crippen molar-refractivity contribution >= 4 is 34.5 Å². The third-order valence-electron chi connectivity index (χ3n) is 3.68. The second-order valence-corrected chi connectivity index (χ2v) is 6.91. The molecule has 0 saturated heterocycles. The molecule has 0 saturated carbocycles. The van der Waals surface area contributed by atoms with Gasteiger partial charge in [0.2, 0.25) is 5.91 Å². The van der Waals surface area contributed by atoms with Crippen LogP contribution in [-0.2, 0) is 16.1 Å². The van der Waals surface area contributed by atoms with Crippen LogP contribution in [0.1, 0.15) is 20.8 Å². The zero-order valence-corrected chi connectivity index (χ0v) is 15.1. The molecule has 5 nitrogen and oxygen atoms in total. The Hall–Kier alpha value is -2.08. The van der Waals surface area contributed by atoms with E-state index < -0.39 is 6.04 Å². The minimum absolute atomic E-state index is 0.0257. The Kier molecular flexibility index (Phi) is 6.20. The Morgan fingerprint density at radius 1 is 1.38 bits per heavy atom. The molecule has 0 aliphatic carbocycles. The van der Waals surface area contributed by atoms with Gasteiger partial charge in [0.05, 0.1) is 22.8 Å². The molecule has 0 aliphatic heterocycles. The number of hydrogen-bond acceptors (Lipinski definition) is 4. The Labute approximate surface area is 146 Å². The maximum Gasteiger partial charge on any atom is 0.231 e. The SMILES string of the molecule is C=CCn1c(SCC(=O)NC(C(C)=O)C(C)C)nc2ccccc21. The highest BCUT2D eigenvalue weighted by Gasteiger charge is 2.21. The lowest BCUT2D eigenvalue weighted by Crippen LogP contribution is -2.44. The predicted molar refractivity (Wildman–Crippen MR) is 98.1 cm³/mol. The van der Waals surface area contributed by atoms with Crippen LogP contribution in [0.3, 0.4) is 0 Å². The lowest BCUT2D eigenvalue weighted by atomic mass is 10.0. The smallest absolute Gasteiger partial charge is 0.231 e. The molecule has 0 aliphatic rings. The van der Waals surface area contributed by atoms with Crippen LogP contribution in [-0.4, -0.2) is 33.0 Å². The molecular weight excluding hydrogens is 322 g/mol. The molecule has 1 N–H and O–H groups in total. The van der Waals surface area contributed by atoms with Crippen molar-refractivity contribution in [1.82, 2.24) is 14.9 Å².